The van der Waals surface area contributed by atoms with E-state index >= 15 is 0 Å². The van der Waals surface area contributed by atoms with Gasteiger partial charge in [0.05, 0.1) is 6.26 Å². The van der Waals surface area contributed by atoms with Gasteiger partial charge in [0.15, 0.2) is 5.76 Å². The highest BCUT2D eigenvalue weighted by Gasteiger charge is 2.20. The molecule has 0 N–H and O–H groups in total. The lowest BCUT2D eigenvalue weighted by Gasteiger charge is -2.19. The summed E-state index contributed by atoms with van der Waals surface area (Å²) in [6, 6.07) is 1.84. The van der Waals surface area contributed by atoms with Crippen molar-refractivity contribution >= 4 is 5.91 Å². The smallest absolute Gasteiger partial charge is 0.289 e. The third-order valence-corrected chi connectivity index (χ3v) is 2.95. The molecule has 1 amide bonds. The number of hydrogen-bond donors (Lipinski definition) is 0. The predicted molar refractivity (Wildman–Crippen MR) is 57.8 cm³/mol. The third-order valence-electron chi connectivity index (χ3n) is 2.95. The molecule has 0 spiro atoms. The van der Waals surface area contributed by atoms with Crippen molar-refractivity contribution in [3.8, 4) is 0 Å². The molecule has 1 aliphatic heterocycles. The molecule has 1 saturated heterocycles. The van der Waals surface area contributed by atoms with Gasteiger partial charge < -0.3 is 9.32 Å². The van der Waals surface area contributed by atoms with Gasteiger partial charge in [-0.05, 0) is 25.8 Å². The summed E-state index contributed by atoms with van der Waals surface area (Å²) in [5.74, 6) is 0.566. The Bertz CT molecular complexity index is 335. The molecule has 2 rings (SSSR count). The van der Waals surface area contributed by atoms with Crippen LogP contribution in [0.4, 0.5) is 0 Å². The van der Waals surface area contributed by atoms with Crippen LogP contribution in [-0.2, 0) is 0 Å². The van der Waals surface area contributed by atoms with Gasteiger partial charge in [0.1, 0.15) is 0 Å². The zero-order valence-corrected chi connectivity index (χ0v) is 9.16. The van der Waals surface area contributed by atoms with E-state index in [1.165, 1.54) is 12.8 Å². The van der Waals surface area contributed by atoms with E-state index in [0.717, 1.165) is 31.5 Å². The molecule has 0 unspecified atom stereocenters. The monoisotopic (exact) mass is 207 g/mol. The zero-order valence-electron chi connectivity index (χ0n) is 9.16. The normalized spacial score (nSPS) is 17.5. The van der Waals surface area contributed by atoms with E-state index in [9.17, 15) is 4.79 Å². The summed E-state index contributed by atoms with van der Waals surface area (Å²) in [4.78, 5) is 14.0. The molecule has 2 heterocycles. The lowest BCUT2D eigenvalue weighted by molar-refractivity contribution is 0.0728. The molecule has 1 aliphatic rings. The number of nitrogens with zero attached hydrogens (tertiary/aromatic N) is 1. The predicted octanol–water partition coefficient (Wildman–Crippen LogP) is 2.60. The van der Waals surface area contributed by atoms with Gasteiger partial charge in [-0.15, -0.1) is 0 Å². The summed E-state index contributed by atoms with van der Waals surface area (Å²) in [6.45, 7) is 3.66. The van der Waals surface area contributed by atoms with Crippen LogP contribution in [0.25, 0.3) is 0 Å². The van der Waals surface area contributed by atoms with Gasteiger partial charge in [-0.25, -0.2) is 0 Å². The minimum atomic E-state index is 0.0550. The number of hydrogen-bond acceptors (Lipinski definition) is 2. The molecule has 0 bridgehead atoms. The summed E-state index contributed by atoms with van der Waals surface area (Å²) in [5, 5.41) is 0. The number of carbonyl (C=O) groups is 1. The van der Waals surface area contributed by atoms with Gasteiger partial charge in [-0.2, -0.15) is 0 Å². The Morgan fingerprint density at radius 1 is 1.27 bits per heavy atom. The van der Waals surface area contributed by atoms with Crippen LogP contribution in [-0.4, -0.2) is 23.9 Å². The zero-order chi connectivity index (χ0) is 10.7. The van der Waals surface area contributed by atoms with E-state index in [1.807, 2.05) is 17.9 Å². The number of rotatable bonds is 1. The van der Waals surface area contributed by atoms with Crippen LogP contribution in [0.3, 0.4) is 0 Å². The Labute approximate surface area is 90.1 Å². The van der Waals surface area contributed by atoms with E-state index in [-0.39, 0.29) is 5.91 Å². The van der Waals surface area contributed by atoms with E-state index in [4.69, 9.17) is 4.42 Å². The van der Waals surface area contributed by atoms with Crippen LogP contribution < -0.4 is 0 Å². The van der Waals surface area contributed by atoms with E-state index in [1.54, 1.807) is 6.26 Å². The maximum Gasteiger partial charge on any atom is 0.289 e. The molecular weight excluding hydrogens is 190 g/mol. The van der Waals surface area contributed by atoms with Gasteiger partial charge in [-0.3, -0.25) is 4.79 Å². The Morgan fingerprint density at radius 2 is 1.93 bits per heavy atom. The molecule has 15 heavy (non-hydrogen) atoms. The highest BCUT2D eigenvalue weighted by Crippen LogP contribution is 2.16. The Balaban J connectivity index is 2.09. The summed E-state index contributed by atoms with van der Waals surface area (Å²) in [7, 11) is 0. The number of aryl methyl sites for hydroxylation is 1. The maximum atomic E-state index is 12.1. The van der Waals surface area contributed by atoms with Crippen LogP contribution in [0.2, 0.25) is 0 Å². The van der Waals surface area contributed by atoms with Crippen LogP contribution in [0.15, 0.2) is 16.7 Å². The Kier molecular flexibility index (Phi) is 3.09. The minimum absolute atomic E-state index is 0.0550. The van der Waals surface area contributed by atoms with Crippen LogP contribution in [0.5, 0.6) is 0 Å². The summed E-state index contributed by atoms with van der Waals surface area (Å²) in [5.41, 5.74) is 0.934. The fourth-order valence-corrected chi connectivity index (χ4v) is 2.01. The highest BCUT2D eigenvalue weighted by molar-refractivity contribution is 5.92. The highest BCUT2D eigenvalue weighted by atomic mass is 16.3. The first-order valence-corrected chi connectivity index (χ1v) is 5.62. The molecule has 1 aromatic heterocycles. The van der Waals surface area contributed by atoms with Crippen molar-refractivity contribution in [3.05, 3.63) is 23.7 Å². The van der Waals surface area contributed by atoms with Crippen molar-refractivity contribution in [1.82, 2.24) is 4.90 Å². The van der Waals surface area contributed by atoms with Crippen molar-refractivity contribution in [1.29, 1.82) is 0 Å². The van der Waals surface area contributed by atoms with Crippen molar-refractivity contribution in [3.63, 3.8) is 0 Å². The van der Waals surface area contributed by atoms with Crippen molar-refractivity contribution in [2.24, 2.45) is 0 Å². The lowest BCUT2D eigenvalue weighted by Crippen LogP contribution is -2.31. The van der Waals surface area contributed by atoms with Gasteiger partial charge >= 0.3 is 0 Å². The second-order valence-electron chi connectivity index (χ2n) is 4.14. The van der Waals surface area contributed by atoms with Crippen molar-refractivity contribution in [2.45, 2.75) is 32.6 Å². The summed E-state index contributed by atoms with van der Waals surface area (Å²) < 4.78 is 5.23. The quantitative estimate of drug-likeness (QED) is 0.709. The van der Waals surface area contributed by atoms with Gasteiger partial charge in [-0.1, -0.05) is 12.8 Å². The van der Waals surface area contributed by atoms with Crippen LogP contribution in [0.1, 0.15) is 41.8 Å². The Morgan fingerprint density at radius 3 is 2.47 bits per heavy atom. The van der Waals surface area contributed by atoms with E-state index in [0.29, 0.717) is 5.76 Å². The molecule has 0 saturated carbocycles. The molecule has 0 atom stereocenters. The number of carbonyl (C=O) groups excluding carboxylic acids is 1. The fraction of sp³-hybridized carbons (Fsp3) is 0.583. The van der Waals surface area contributed by atoms with Gasteiger partial charge in [0.25, 0.3) is 5.91 Å². The third kappa shape index (κ3) is 2.22. The molecule has 0 radical (unpaired) electrons. The van der Waals surface area contributed by atoms with Crippen LogP contribution >= 0.6 is 0 Å². The summed E-state index contributed by atoms with van der Waals surface area (Å²) >= 11 is 0. The average Bonchev–Trinajstić information content (AvgIpc) is 2.53. The minimum Gasteiger partial charge on any atom is -0.459 e. The van der Waals surface area contributed by atoms with Gasteiger partial charge in [0.2, 0.25) is 0 Å². The van der Waals surface area contributed by atoms with Crippen molar-refractivity contribution < 1.29 is 9.21 Å². The Hall–Kier alpha value is -1.25. The SMILES string of the molecule is Cc1ccoc1C(=O)N1CCCCCC1. The van der Waals surface area contributed by atoms with Gasteiger partial charge in [0, 0.05) is 18.7 Å². The molecule has 0 aromatic carbocycles. The second-order valence-corrected chi connectivity index (χ2v) is 4.14. The maximum absolute atomic E-state index is 12.1. The molecule has 82 valence electrons. The van der Waals surface area contributed by atoms with E-state index in [2.05, 4.69) is 0 Å². The molecule has 1 aromatic rings. The average molecular weight is 207 g/mol. The first kappa shape index (κ1) is 10.3. The molecule has 3 heteroatoms. The largest absolute Gasteiger partial charge is 0.459 e. The van der Waals surface area contributed by atoms with Crippen LogP contribution in [0, 0.1) is 6.92 Å². The fourth-order valence-electron chi connectivity index (χ4n) is 2.01. The number of likely N-dealkylation sites (tertiary alicyclic amines) is 1. The lowest BCUT2D eigenvalue weighted by atomic mass is 10.2. The number of furan rings is 1. The van der Waals surface area contributed by atoms with E-state index < -0.39 is 0 Å². The first-order valence-electron chi connectivity index (χ1n) is 5.62. The standard InChI is InChI=1S/C12H17NO2/c1-10-6-9-15-11(10)12(14)13-7-4-2-3-5-8-13/h6,9H,2-5,7-8H2,1H3. The molecule has 1 fully saturated rings. The molecule has 0 aliphatic carbocycles. The van der Waals surface area contributed by atoms with Crippen molar-refractivity contribution in [2.75, 3.05) is 13.1 Å². The molecule has 3 nitrogen and oxygen atoms in total. The topological polar surface area (TPSA) is 33.5 Å². The second kappa shape index (κ2) is 4.51. The summed E-state index contributed by atoms with van der Waals surface area (Å²) in [6.07, 6.45) is 6.29. The number of amides is 1. The first-order chi connectivity index (χ1) is 7.29. The molecular formula is C12H17NO2.